The lowest BCUT2D eigenvalue weighted by Gasteiger charge is -2.30. The molecule has 10 heteroatoms. The van der Waals surface area contributed by atoms with Crippen molar-refractivity contribution in [1.82, 2.24) is 20.8 Å². The van der Waals surface area contributed by atoms with Crippen LogP contribution in [0.1, 0.15) is 38.1 Å². The third kappa shape index (κ3) is 5.41. The molecule has 1 aromatic rings. The van der Waals surface area contributed by atoms with Crippen molar-refractivity contribution in [2.75, 3.05) is 5.32 Å². The number of carbonyl (C=O) groups is 2. The van der Waals surface area contributed by atoms with E-state index in [2.05, 4.69) is 33.1 Å². The SMILES string of the molecule is CCCc1nnc(NC(=O)C(CC)SC2NC(=O)CC(N)N2)s1. The van der Waals surface area contributed by atoms with Crippen LogP contribution in [0.15, 0.2) is 0 Å². The van der Waals surface area contributed by atoms with Gasteiger partial charge in [-0.15, -0.1) is 22.0 Å². The van der Waals surface area contributed by atoms with Crippen LogP contribution in [0.5, 0.6) is 0 Å². The third-order valence-corrected chi connectivity index (χ3v) is 5.49. The van der Waals surface area contributed by atoms with Gasteiger partial charge in [0.15, 0.2) is 0 Å². The van der Waals surface area contributed by atoms with Gasteiger partial charge in [-0.05, 0) is 12.8 Å². The van der Waals surface area contributed by atoms with E-state index < -0.39 is 0 Å². The van der Waals surface area contributed by atoms with Crippen LogP contribution in [0.3, 0.4) is 0 Å². The molecule has 0 aromatic carbocycles. The molecule has 23 heavy (non-hydrogen) atoms. The summed E-state index contributed by atoms with van der Waals surface area (Å²) >= 11 is 2.73. The van der Waals surface area contributed by atoms with Gasteiger partial charge in [0.05, 0.1) is 17.8 Å². The Morgan fingerprint density at radius 2 is 2.30 bits per heavy atom. The zero-order valence-electron chi connectivity index (χ0n) is 13.2. The van der Waals surface area contributed by atoms with Crippen LogP contribution in [-0.4, -0.2) is 38.9 Å². The Balaban J connectivity index is 1.91. The Morgan fingerprint density at radius 3 is 2.96 bits per heavy atom. The summed E-state index contributed by atoms with van der Waals surface area (Å²) in [6, 6.07) is 0. The Kier molecular flexibility index (Phi) is 6.75. The average Bonchev–Trinajstić information content (AvgIpc) is 2.91. The number of amides is 2. The molecule has 0 bridgehead atoms. The van der Waals surface area contributed by atoms with Crippen LogP contribution >= 0.6 is 23.1 Å². The Hall–Kier alpha value is -1.23. The Bertz CT molecular complexity index is 552. The van der Waals surface area contributed by atoms with Crippen molar-refractivity contribution < 1.29 is 9.59 Å². The van der Waals surface area contributed by atoms with E-state index in [4.69, 9.17) is 5.73 Å². The summed E-state index contributed by atoms with van der Waals surface area (Å²) in [4.78, 5) is 23.9. The number of nitrogens with two attached hydrogens (primary N) is 1. The molecule has 128 valence electrons. The summed E-state index contributed by atoms with van der Waals surface area (Å²) in [5.41, 5.74) is 5.39. The highest BCUT2D eigenvalue weighted by molar-refractivity contribution is 8.01. The van der Waals surface area contributed by atoms with Crippen molar-refractivity contribution in [2.24, 2.45) is 5.73 Å². The van der Waals surface area contributed by atoms with Gasteiger partial charge in [-0.25, -0.2) is 0 Å². The number of anilines is 1. The van der Waals surface area contributed by atoms with E-state index >= 15 is 0 Å². The van der Waals surface area contributed by atoms with Gasteiger partial charge < -0.3 is 11.1 Å². The molecule has 5 N–H and O–H groups in total. The molecule has 8 nitrogen and oxygen atoms in total. The predicted molar refractivity (Wildman–Crippen MR) is 91.9 cm³/mol. The smallest absolute Gasteiger partial charge is 0.239 e. The maximum absolute atomic E-state index is 12.4. The summed E-state index contributed by atoms with van der Waals surface area (Å²) in [5.74, 6) is -0.260. The fraction of sp³-hybridized carbons (Fsp3) is 0.692. The molecule has 1 fully saturated rings. The van der Waals surface area contributed by atoms with E-state index in [0.29, 0.717) is 11.6 Å². The van der Waals surface area contributed by atoms with E-state index in [0.717, 1.165) is 17.8 Å². The maximum atomic E-state index is 12.4. The lowest BCUT2D eigenvalue weighted by Crippen LogP contribution is -2.58. The molecule has 0 saturated carbocycles. The van der Waals surface area contributed by atoms with Gasteiger partial charge in [-0.3, -0.25) is 20.2 Å². The summed E-state index contributed by atoms with van der Waals surface area (Å²) in [5, 5.41) is 17.8. The van der Waals surface area contributed by atoms with Gasteiger partial charge in [-0.1, -0.05) is 25.2 Å². The number of hydrogen-bond donors (Lipinski definition) is 4. The molecule has 2 rings (SSSR count). The number of thioether (sulfide) groups is 1. The third-order valence-electron chi connectivity index (χ3n) is 3.19. The van der Waals surface area contributed by atoms with Gasteiger partial charge in [0.25, 0.3) is 0 Å². The number of nitrogens with one attached hydrogen (secondary N) is 3. The normalized spacial score (nSPS) is 22.5. The van der Waals surface area contributed by atoms with Crippen LogP contribution in [0.25, 0.3) is 0 Å². The van der Waals surface area contributed by atoms with Crippen molar-refractivity contribution in [3.05, 3.63) is 5.01 Å². The van der Waals surface area contributed by atoms with Gasteiger partial charge in [0.2, 0.25) is 16.9 Å². The molecule has 0 aliphatic carbocycles. The van der Waals surface area contributed by atoms with Crippen molar-refractivity contribution in [2.45, 2.75) is 56.4 Å². The van der Waals surface area contributed by atoms with Crippen molar-refractivity contribution in [3.8, 4) is 0 Å². The molecule has 3 unspecified atom stereocenters. The van der Waals surface area contributed by atoms with E-state index in [-0.39, 0.29) is 35.1 Å². The second-order valence-corrected chi connectivity index (χ2v) is 7.57. The van der Waals surface area contributed by atoms with E-state index in [1.807, 2.05) is 6.92 Å². The van der Waals surface area contributed by atoms with Crippen LogP contribution in [0, 0.1) is 0 Å². The number of aromatic nitrogens is 2. The lowest BCUT2D eigenvalue weighted by atomic mass is 10.3. The first-order valence-corrected chi connectivity index (χ1v) is 9.37. The number of aryl methyl sites for hydroxylation is 1. The molecule has 2 amide bonds. The minimum atomic E-state index is -0.387. The fourth-order valence-electron chi connectivity index (χ4n) is 2.09. The highest BCUT2D eigenvalue weighted by Crippen LogP contribution is 2.23. The minimum absolute atomic E-state index is 0.114. The number of carbonyl (C=O) groups excluding carboxylic acids is 2. The fourth-order valence-corrected chi connectivity index (χ4v) is 4.09. The highest BCUT2D eigenvalue weighted by Gasteiger charge is 2.28. The second-order valence-electron chi connectivity index (χ2n) is 5.20. The monoisotopic (exact) mass is 358 g/mol. The molecule has 2 heterocycles. The van der Waals surface area contributed by atoms with Crippen molar-refractivity contribution in [3.63, 3.8) is 0 Å². The van der Waals surface area contributed by atoms with Gasteiger partial charge in [0.1, 0.15) is 10.5 Å². The first-order valence-electron chi connectivity index (χ1n) is 7.61. The van der Waals surface area contributed by atoms with Crippen molar-refractivity contribution in [1.29, 1.82) is 0 Å². The molecule has 1 aromatic heterocycles. The zero-order valence-corrected chi connectivity index (χ0v) is 14.8. The lowest BCUT2D eigenvalue weighted by molar-refractivity contribution is -0.123. The van der Waals surface area contributed by atoms with Crippen LogP contribution in [-0.2, 0) is 16.0 Å². The Morgan fingerprint density at radius 1 is 1.52 bits per heavy atom. The molecule has 1 aliphatic rings. The topological polar surface area (TPSA) is 122 Å². The summed E-state index contributed by atoms with van der Waals surface area (Å²) in [6.45, 7) is 3.99. The second kappa shape index (κ2) is 8.57. The van der Waals surface area contributed by atoms with Gasteiger partial charge in [-0.2, -0.15) is 0 Å². The van der Waals surface area contributed by atoms with Crippen LogP contribution in [0.2, 0.25) is 0 Å². The molecule has 3 atom stereocenters. The molecular formula is C13H22N6O2S2. The van der Waals surface area contributed by atoms with Crippen molar-refractivity contribution >= 4 is 40.0 Å². The number of hydrogen-bond acceptors (Lipinski definition) is 8. The van der Waals surface area contributed by atoms with Gasteiger partial charge in [0, 0.05) is 6.42 Å². The van der Waals surface area contributed by atoms with E-state index in [9.17, 15) is 9.59 Å². The number of nitrogens with zero attached hydrogens (tertiary/aromatic N) is 2. The number of rotatable bonds is 7. The van der Waals surface area contributed by atoms with E-state index in [1.54, 1.807) is 0 Å². The summed E-state index contributed by atoms with van der Waals surface area (Å²) < 4.78 is 0. The predicted octanol–water partition coefficient (Wildman–Crippen LogP) is 0.619. The van der Waals surface area contributed by atoms with Crippen LogP contribution < -0.4 is 21.7 Å². The first-order chi connectivity index (χ1) is 11.0. The highest BCUT2D eigenvalue weighted by atomic mass is 32.2. The molecular weight excluding hydrogens is 336 g/mol. The quantitative estimate of drug-likeness (QED) is 0.563. The zero-order chi connectivity index (χ0) is 16.8. The average molecular weight is 358 g/mol. The summed E-state index contributed by atoms with van der Waals surface area (Å²) in [7, 11) is 0. The molecule has 0 spiro atoms. The molecule has 1 saturated heterocycles. The maximum Gasteiger partial charge on any atom is 0.239 e. The first kappa shape index (κ1) is 18.1. The largest absolute Gasteiger partial charge is 0.332 e. The van der Waals surface area contributed by atoms with Crippen LogP contribution in [0.4, 0.5) is 5.13 Å². The minimum Gasteiger partial charge on any atom is -0.332 e. The standard InChI is InChI=1S/C13H22N6O2S2/c1-3-5-10-18-19-13(23-10)17-11(21)7(4-2)22-12-15-8(14)6-9(20)16-12/h7-8,12,15H,3-6,14H2,1-2H3,(H,16,20)(H,17,19,21). The summed E-state index contributed by atoms with van der Waals surface area (Å²) in [6.07, 6.45) is 2.33. The Labute approximate surface area is 143 Å². The van der Waals surface area contributed by atoms with E-state index in [1.165, 1.54) is 23.1 Å². The van der Waals surface area contributed by atoms with Gasteiger partial charge >= 0.3 is 0 Å². The molecule has 0 radical (unpaired) electrons. The molecule has 1 aliphatic heterocycles.